The molecule has 0 saturated heterocycles. The number of thioether (sulfide) groups is 1. The number of aryl methyl sites for hydroxylation is 1. The van der Waals surface area contributed by atoms with Gasteiger partial charge in [0.25, 0.3) is 5.76 Å². The second-order valence-corrected chi connectivity index (χ2v) is 6.15. The summed E-state index contributed by atoms with van der Waals surface area (Å²) in [5, 5.41) is 3.25. The van der Waals surface area contributed by atoms with Gasteiger partial charge in [-0.15, -0.1) is 0 Å². The van der Waals surface area contributed by atoms with E-state index in [0.29, 0.717) is 30.6 Å². The minimum Gasteiger partial charge on any atom is -0.464 e. The standard InChI is InChI=1S/C16H17F2N3OS/c1-11-3-2-4-15-20-12(9-21(11)15)7-19-8-13-5-6-14(22-13)10-23-16(17)18/h2-6,9,16,19H,7-8,10H2,1H3. The van der Waals surface area contributed by atoms with Crippen molar-refractivity contribution in [3.05, 3.63) is 59.4 Å². The lowest BCUT2D eigenvalue weighted by molar-refractivity contribution is 0.251. The Hall–Kier alpha value is -1.86. The molecule has 0 aliphatic heterocycles. The summed E-state index contributed by atoms with van der Waals surface area (Å²) < 4.78 is 31.8. The molecule has 0 aliphatic carbocycles. The maximum atomic E-state index is 12.1. The second-order valence-electron chi connectivity index (χ2n) is 5.17. The zero-order valence-corrected chi connectivity index (χ0v) is 13.4. The smallest absolute Gasteiger partial charge is 0.284 e. The first-order chi connectivity index (χ1) is 11.1. The first-order valence-corrected chi connectivity index (χ1v) is 8.28. The Morgan fingerprint density at radius 1 is 1.22 bits per heavy atom. The molecular weight excluding hydrogens is 320 g/mol. The van der Waals surface area contributed by atoms with Gasteiger partial charge in [-0.3, -0.25) is 0 Å². The lowest BCUT2D eigenvalue weighted by Gasteiger charge is -2.00. The summed E-state index contributed by atoms with van der Waals surface area (Å²) in [5.41, 5.74) is 3.00. The number of rotatable bonds is 7. The van der Waals surface area contributed by atoms with E-state index in [1.807, 2.05) is 41.8 Å². The van der Waals surface area contributed by atoms with Crippen LogP contribution >= 0.6 is 11.8 Å². The summed E-state index contributed by atoms with van der Waals surface area (Å²) in [6.07, 6.45) is 2.00. The molecule has 0 radical (unpaired) electrons. The predicted octanol–water partition coefficient (Wildman–Crippen LogP) is 3.98. The minimum atomic E-state index is -2.37. The van der Waals surface area contributed by atoms with Crippen molar-refractivity contribution in [2.75, 3.05) is 0 Å². The molecule has 7 heteroatoms. The van der Waals surface area contributed by atoms with Crippen LogP contribution < -0.4 is 5.32 Å². The highest BCUT2D eigenvalue weighted by Crippen LogP contribution is 2.21. The quantitative estimate of drug-likeness (QED) is 0.708. The van der Waals surface area contributed by atoms with Crippen LogP contribution in [0, 0.1) is 6.92 Å². The van der Waals surface area contributed by atoms with Gasteiger partial charge in [0.05, 0.1) is 18.0 Å². The highest BCUT2D eigenvalue weighted by atomic mass is 32.2. The van der Waals surface area contributed by atoms with E-state index in [-0.39, 0.29) is 5.75 Å². The van der Waals surface area contributed by atoms with Gasteiger partial charge in [0.1, 0.15) is 17.2 Å². The first kappa shape index (κ1) is 16.0. The molecule has 0 saturated carbocycles. The molecule has 0 amide bonds. The van der Waals surface area contributed by atoms with Crippen LogP contribution in [0.3, 0.4) is 0 Å². The van der Waals surface area contributed by atoms with Gasteiger partial charge in [-0.2, -0.15) is 8.78 Å². The van der Waals surface area contributed by atoms with E-state index in [2.05, 4.69) is 10.3 Å². The van der Waals surface area contributed by atoms with Crippen LogP contribution in [-0.2, 0) is 18.8 Å². The molecule has 122 valence electrons. The zero-order valence-electron chi connectivity index (χ0n) is 12.6. The summed E-state index contributed by atoms with van der Waals surface area (Å²) in [5.74, 6) is -0.894. The lowest BCUT2D eigenvalue weighted by atomic mass is 10.4. The number of furan rings is 1. The Kier molecular flexibility index (Phi) is 4.97. The van der Waals surface area contributed by atoms with Gasteiger partial charge < -0.3 is 14.1 Å². The number of hydrogen-bond donors (Lipinski definition) is 1. The van der Waals surface area contributed by atoms with Crippen molar-refractivity contribution in [1.82, 2.24) is 14.7 Å². The monoisotopic (exact) mass is 337 g/mol. The Balaban J connectivity index is 1.53. The van der Waals surface area contributed by atoms with Crippen LogP contribution in [0.2, 0.25) is 0 Å². The molecule has 3 rings (SSSR count). The van der Waals surface area contributed by atoms with Crippen molar-refractivity contribution in [3.8, 4) is 0 Å². The fourth-order valence-corrected chi connectivity index (χ4v) is 2.78. The van der Waals surface area contributed by atoms with Crippen LogP contribution in [-0.4, -0.2) is 15.1 Å². The average molecular weight is 337 g/mol. The number of alkyl halides is 2. The number of nitrogens with one attached hydrogen (secondary N) is 1. The third kappa shape index (κ3) is 4.11. The van der Waals surface area contributed by atoms with Crippen molar-refractivity contribution in [2.24, 2.45) is 0 Å². The summed E-state index contributed by atoms with van der Waals surface area (Å²) in [6, 6.07) is 9.53. The fraction of sp³-hybridized carbons (Fsp3) is 0.312. The van der Waals surface area contributed by atoms with Gasteiger partial charge in [0, 0.05) is 18.4 Å². The SMILES string of the molecule is Cc1cccc2nc(CNCc3ccc(CSC(F)F)o3)cn12. The van der Waals surface area contributed by atoms with Crippen molar-refractivity contribution in [1.29, 1.82) is 0 Å². The Labute approximate surface area is 136 Å². The van der Waals surface area contributed by atoms with E-state index in [1.165, 1.54) is 0 Å². The molecule has 3 heterocycles. The highest BCUT2D eigenvalue weighted by molar-refractivity contribution is 7.98. The molecule has 0 aliphatic rings. The fourth-order valence-electron chi connectivity index (χ4n) is 2.34. The van der Waals surface area contributed by atoms with Gasteiger partial charge in [0.2, 0.25) is 0 Å². The van der Waals surface area contributed by atoms with Crippen LogP contribution in [0.15, 0.2) is 40.9 Å². The molecule has 3 aromatic heterocycles. The third-order valence-corrected chi connectivity index (χ3v) is 4.12. The maximum Gasteiger partial charge on any atom is 0.284 e. The molecule has 0 fully saturated rings. The second kappa shape index (κ2) is 7.14. The molecule has 1 N–H and O–H groups in total. The van der Waals surface area contributed by atoms with Crippen LogP contribution in [0.5, 0.6) is 0 Å². The molecule has 3 aromatic rings. The Morgan fingerprint density at radius 3 is 2.83 bits per heavy atom. The molecule has 0 atom stereocenters. The van der Waals surface area contributed by atoms with E-state index in [9.17, 15) is 8.78 Å². The molecule has 0 spiro atoms. The third-order valence-electron chi connectivity index (χ3n) is 3.42. The topological polar surface area (TPSA) is 42.5 Å². The van der Waals surface area contributed by atoms with E-state index in [1.54, 1.807) is 6.07 Å². The van der Waals surface area contributed by atoms with Crippen molar-refractivity contribution < 1.29 is 13.2 Å². The number of hydrogen-bond acceptors (Lipinski definition) is 4. The number of fused-ring (bicyclic) bond motifs is 1. The van der Waals surface area contributed by atoms with Gasteiger partial charge in [-0.25, -0.2) is 4.98 Å². The number of halogens is 2. The van der Waals surface area contributed by atoms with Crippen molar-refractivity contribution >= 4 is 17.4 Å². The van der Waals surface area contributed by atoms with Crippen LogP contribution in [0.25, 0.3) is 5.65 Å². The summed E-state index contributed by atoms with van der Waals surface area (Å²) in [6.45, 7) is 3.18. The molecule has 0 unspecified atom stereocenters. The van der Waals surface area contributed by atoms with Gasteiger partial charge in [-0.1, -0.05) is 17.8 Å². The zero-order chi connectivity index (χ0) is 16.2. The summed E-state index contributed by atoms with van der Waals surface area (Å²) in [7, 11) is 0. The molecule has 23 heavy (non-hydrogen) atoms. The highest BCUT2D eigenvalue weighted by Gasteiger charge is 2.08. The lowest BCUT2D eigenvalue weighted by Crippen LogP contribution is -2.12. The number of imidazole rings is 1. The van der Waals surface area contributed by atoms with Crippen LogP contribution in [0.4, 0.5) is 8.78 Å². The molecule has 0 aromatic carbocycles. The largest absolute Gasteiger partial charge is 0.464 e. The summed E-state index contributed by atoms with van der Waals surface area (Å²) in [4.78, 5) is 4.54. The van der Waals surface area contributed by atoms with Crippen molar-refractivity contribution in [3.63, 3.8) is 0 Å². The van der Waals surface area contributed by atoms with Crippen molar-refractivity contribution in [2.45, 2.75) is 31.5 Å². The van der Waals surface area contributed by atoms with E-state index < -0.39 is 5.76 Å². The normalized spacial score (nSPS) is 11.7. The molecular formula is C16H17F2N3OS. The number of aromatic nitrogens is 2. The van der Waals surface area contributed by atoms with E-state index >= 15 is 0 Å². The number of nitrogens with zero attached hydrogens (tertiary/aromatic N) is 2. The van der Waals surface area contributed by atoms with Gasteiger partial charge >= 0.3 is 0 Å². The van der Waals surface area contributed by atoms with Gasteiger partial charge in [-0.05, 0) is 31.2 Å². The summed E-state index contributed by atoms with van der Waals surface area (Å²) >= 11 is 0.562. The molecule has 4 nitrogen and oxygen atoms in total. The predicted molar refractivity (Wildman–Crippen MR) is 86.5 cm³/mol. The number of pyridine rings is 1. The Morgan fingerprint density at radius 2 is 2.04 bits per heavy atom. The Bertz CT molecular complexity index is 785. The minimum absolute atomic E-state index is 0.184. The first-order valence-electron chi connectivity index (χ1n) is 7.23. The van der Waals surface area contributed by atoms with Gasteiger partial charge in [0.15, 0.2) is 0 Å². The maximum absolute atomic E-state index is 12.1. The van der Waals surface area contributed by atoms with E-state index in [0.717, 1.165) is 22.8 Å². The van der Waals surface area contributed by atoms with E-state index in [4.69, 9.17) is 4.42 Å². The average Bonchev–Trinajstić information content (AvgIpc) is 3.12. The van der Waals surface area contributed by atoms with Crippen LogP contribution in [0.1, 0.15) is 22.9 Å². The molecule has 0 bridgehead atoms.